The standard InChI is InChI=1S/C15H17FN2OS/c1-15(8-17,10-3-4-10)18-14(19)13-6-9-2-5-11(16)7-12(9)20-13/h2,5-7,10H,3-4,8,17H2,1H3,(H,18,19). The Hall–Kier alpha value is -1.46. The Balaban J connectivity index is 1.85. The van der Waals surface area contributed by atoms with Gasteiger partial charge in [-0.3, -0.25) is 4.79 Å². The van der Waals surface area contributed by atoms with Crippen LogP contribution in [0, 0.1) is 11.7 Å². The molecule has 5 heteroatoms. The summed E-state index contributed by atoms with van der Waals surface area (Å²) in [6.45, 7) is 2.43. The number of carbonyl (C=O) groups excluding carboxylic acids is 1. The van der Waals surface area contributed by atoms with Gasteiger partial charge in [0, 0.05) is 11.2 Å². The first kappa shape index (κ1) is 13.5. The highest BCUT2D eigenvalue weighted by Crippen LogP contribution is 2.39. The van der Waals surface area contributed by atoms with Gasteiger partial charge >= 0.3 is 0 Å². The molecule has 0 saturated heterocycles. The molecule has 1 aliphatic rings. The summed E-state index contributed by atoms with van der Waals surface area (Å²) in [5.74, 6) is 0.0748. The maximum absolute atomic E-state index is 13.2. The van der Waals surface area contributed by atoms with Crippen molar-refractivity contribution in [1.29, 1.82) is 0 Å². The normalized spacial score (nSPS) is 17.9. The molecule has 0 radical (unpaired) electrons. The zero-order valence-electron chi connectivity index (χ0n) is 11.3. The van der Waals surface area contributed by atoms with Gasteiger partial charge in [0.15, 0.2) is 0 Å². The zero-order valence-corrected chi connectivity index (χ0v) is 12.1. The highest BCUT2D eigenvalue weighted by molar-refractivity contribution is 7.20. The van der Waals surface area contributed by atoms with Crippen LogP contribution >= 0.6 is 11.3 Å². The summed E-state index contributed by atoms with van der Waals surface area (Å²) in [4.78, 5) is 13.0. The number of thiophene rings is 1. The number of rotatable bonds is 4. The van der Waals surface area contributed by atoms with Crippen LogP contribution < -0.4 is 11.1 Å². The van der Waals surface area contributed by atoms with E-state index in [1.54, 1.807) is 12.1 Å². The van der Waals surface area contributed by atoms with Crippen molar-refractivity contribution in [3.8, 4) is 0 Å². The van der Waals surface area contributed by atoms with Crippen LogP contribution in [0.2, 0.25) is 0 Å². The van der Waals surface area contributed by atoms with Crippen molar-refractivity contribution >= 4 is 27.3 Å². The third-order valence-corrected chi connectivity index (χ3v) is 5.10. The molecule has 3 nitrogen and oxygen atoms in total. The minimum Gasteiger partial charge on any atom is -0.345 e. The number of nitrogens with one attached hydrogen (secondary N) is 1. The van der Waals surface area contributed by atoms with Gasteiger partial charge in [-0.05, 0) is 49.3 Å². The first-order valence-electron chi connectivity index (χ1n) is 6.73. The van der Waals surface area contributed by atoms with Crippen LogP contribution in [-0.2, 0) is 0 Å². The van der Waals surface area contributed by atoms with Crippen LogP contribution in [-0.4, -0.2) is 18.0 Å². The van der Waals surface area contributed by atoms with Crippen LogP contribution in [0.15, 0.2) is 24.3 Å². The van der Waals surface area contributed by atoms with Crippen LogP contribution in [0.1, 0.15) is 29.4 Å². The van der Waals surface area contributed by atoms with E-state index in [0.717, 1.165) is 22.9 Å². The fourth-order valence-electron chi connectivity index (χ4n) is 2.48. The van der Waals surface area contributed by atoms with Crippen molar-refractivity contribution in [1.82, 2.24) is 5.32 Å². The molecule has 1 aliphatic carbocycles. The Labute approximate surface area is 121 Å². The molecule has 1 heterocycles. The smallest absolute Gasteiger partial charge is 0.261 e. The Morgan fingerprint density at radius 3 is 2.90 bits per heavy atom. The lowest BCUT2D eigenvalue weighted by Gasteiger charge is -2.29. The summed E-state index contributed by atoms with van der Waals surface area (Å²) in [5, 5.41) is 3.94. The van der Waals surface area contributed by atoms with E-state index in [2.05, 4.69) is 5.32 Å². The summed E-state index contributed by atoms with van der Waals surface area (Å²) >= 11 is 1.31. The number of fused-ring (bicyclic) bond motifs is 1. The summed E-state index contributed by atoms with van der Waals surface area (Å²) < 4.78 is 14.0. The summed E-state index contributed by atoms with van der Waals surface area (Å²) in [5.41, 5.74) is 5.47. The lowest BCUT2D eigenvalue weighted by Crippen LogP contribution is -2.53. The molecular weight excluding hydrogens is 275 g/mol. The molecule has 2 aromatic rings. The van der Waals surface area contributed by atoms with Crippen molar-refractivity contribution in [2.45, 2.75) is 25.3 Å². The molecule has 0 spiro atoms. The fourth-order valence-corrected chi connectivity index (χ4v) is 3.46. The second-order valence-corrected chi connectivity index (χ2v) is 6.73. The van der Waals surface area contributed by atoms with Crippen LogP contribution in [0.5, 0.6) is 0 Å². The van der Waals surface area contributed by atoms with E-state index >= 15 is 0 Å². The molecule has 0 aliphatic heterocycles. The van der Waals surface area contributed by atoms with E-state index in [4.69, 9.17) is 5.73 Å². The molecule has 1 aromatic carbocycles. The Bertz CT molecular complexity index is 665. The molecule has 1 fully saturated rings. The Morgan fingerprint density at radius 2 is 2.25 bits per heavy atom. The molecule has 1 unspecified atom stereocenters. The maximum atomic E-state index is 13.2. The molecule has 1 amide bonds. The van der Waals surface area contributed by atoms with Gasteiger partial charge in [-0.2, -0.15) is 0 Å². The number of halogens is 1. The molecule has 106 valence electrons. The summed E-state index contributed by atoms with van der Waals surface area (Å²) in [6, 6.07) is 6.37. The second-order valence-electron chi connectivity index (χ2n) is 5.64. The van der Waals surface area contributed by atoms with Crippen molar-refractivity contribution < 1.29 is 9.18 Å². The second kappa shape index (κ2) is 4.82. The van der Waals surface area contributed by atoms with Gasteiger partial charge in [0.2, 0.25) is 0 Å². The predicted octanol–water partition coefficient (Wildman–Crippen LogP) is 2.90. The summed E-state index contributed by atoms with van der Waals surface area (Å²) in [6.07, 6.45) is 2.23. The van der Waals surface area contributed by atoms with E-state index < -0.39 is 0 Å². The van der Waals surface area contributed by atoms with Gasteiger partial charge in [-0.25, -0.2) is 4.39 Å². The number of carbonyl (C=O) groups is 1. The van der Waals surface area contributed by atoms with Crippen LogP contribution in [0.3, 0.4) is 0 Å². The number of hydrogen-bond acceptors (Lipinski definition) is 3. The maximum Gasteiger partial charge on any atom is 0.261 e. The third-order valence-electron chi connectivity index (χ3n) is 4.01. The van der Waals surface area contributed by atoms with Crippen LogP contribution in [0.4, 0.5) is 4.39 Å². The van der Waals surface area contributed by atoms with Gasteiger partial charge in [0.05, 0.1) is 10.4 Å². The largest absolute Gasteiger partial charge is 0.345 e. The first-order valence-corrected chi connectivity index (χ1v) is 7.55. The van der Waals surface area contributed by atoms with E-state index in [1.165, 1.54) is 23.5 Å². The molecule has 1 aromatic heterocycles. The molecule has 3 rings (SSSR count). The molecule has 20 heavy (non-hydrogen) atoms. The van der Waals surface area contributed by atoms with Gasteiger partial charge in [0.1, 0.15) is 5.82 Å². The predicted molar refractivity (Wildman–Crippen MR) is 79.4 cm³/mol. The quantitative estimate of drug-likeness (QED) is 0.910. The van der Waals surface area contributed by atoms with Gasteiger partial charge < -0.3 is 11.1 Å². The van der Waals surface area contributed by atoms with E-state index in [0.29, 0.717) is 17.3 Å². The number of nitrogens with two attached hydrogens (primary N) is 1. The monoisotopic (exact) mass is 292 g/mol. The first-order chi connectivity index (χ1) is 9.51. The SMILES string of the molecule is CC(CN)(NC(=O)c1cc2ccc(F)cc2s1)C1CC1. The van der Waals surface area contributed by atoms with Crippen LogP contribution in [0.25, 0.3) is 10.1 Å². The molecule has 1 saturated carbocycles. The molecular formula is C15H17FN2OS. The minimum absolute atomic E-state index is 0.119. The molecule has 1 atom stereocenters. The van der Waals surface area contributed by atoms with E-state index in [1.807, 2.05) is 6.92 Å². The topological polar surface area (TPSA) is 55.1 Å². The minimum atomic E-state index is -0.335. The number of hydrogen-bond donors (Lipinski definition) is 2. The fraction of sp³-hybridized carbons (Fsp3) is 0.400. The lowest BCUT2D eigenvalue weighted by atomic mass is 9.96. The van der Waals surface area contributed by atoms with E-state index in [-0.39, 0.29) is 17.3 Å². The van der Waals surface area contributed by atoms with Crippen molar-refractivity contribution in [3.05, 3.63) is 35.0 Å². The number of amides is 1. The third kappa shape index (κ3) is 2.43. The lowest BCUT2D eigenvalue weighted by molar-refractivity contribution is 0.0902. The van der Waals surface area contributed by atoms with E-state index in [9.17, 15) is 9.18 Å². The summed E-state index contributed by atoms with van der Waals surface area (Å²) in [7, 11) is 0. The highest BCUT2D eigenvalue weighted by atomic mass is 32.1. The Morgan fingerprint density at radius 1 is 1.50 bits per heavy atom. The average Bonchev–Trinajstić information content (AvgIpc) is 3.19. The van der Waals surface area contributed by atoms with Crippen molar-refractivity contribution in [3.63, 3.8) is 0 Å². The molecule has 3 N–H and O–H groups in total. The van der Waals surface area contributed by atoms with Gasteiger partial charge in [-0.1, -0.05) is 6.07 Å². The Kier molecular flexibility index (Phi) is 3.26. The molecule has 0 bridgehead atoms. The number of benzene rings is 1. The van der Waals surface area contributed by atoms with Gasteiger partial charge in [0.25, 0.3) is 5.91 Å². The van der Waals surface area contributed by atoms with Crippen molar-refractivity contribution in [2.75, 3.05) is 6.54 Å². The van der Waals surface area contributed by atoms with Gasteiger partial charge in [-0.15, -0.1) is 11.3 Å². The van der Waals surface area contributed by atoms with Crippen molar-refractivity contribution in [2.24, 2.45) is 11.7 Å². The zero-order chi connectivity index (χ0) is 14.3. The average molecular weight is 292 g/mol. The highest BCUT2D eigenvalue weighted by Gasteiger charge is 2.41.